The van der Waals surface area contributed by atoms with Crippen LogP contribution in [0.2, 0.25) is 0 Å². The van der Waals surface area contributed by atoms with E-state index in [0.717, 1.165) is 16.8 Å². The Balaban J connectivity index is 1.67. The fourth-order valence-corrected chi connectivity index (χ4v) is 3.48. The third-order valence-electron chi connectivity index (χ3n) is 4.94. The van der Waals surface area contributed by atoms with Crippen LogP contribution < -0.4 is 0 Å². The number of carbonyl (C=O) groups is 1. The fourth-order valence-electron chi connectivity index (χ4n) is 3.48. The third kappa shape index (κ3) is 2.92. The van der Waals surface area contributed by atoms with Crippen LogP contribution in [-0.4, -0.2) is 32.3 Å². The molecule has 1 amide bonds. The highest BCUT2D eigenvalue weighted by molar-refractivity contribution is 5.91. The van der Waals surface area contributed by atoms with Gasteiger partial charge in [-0.1, -0.05) is 43.3 Å². The first-order valence-electron chi connectivity index (χ1n) is 8.85. The van der Waals surface area contributed by atoms with Crippen LogP contribution in [0.15, 0.2) is 47.2 Å². The molecule has 0 bridgehead atoms. The lowest BCUT2D eigenvalue weighted by Crippen LogP contribution is -2.38. The number of amides is 1. The topological polar surface area (TPSA) is 64.2 Å². The van der Waals surface area contributed by atoms with Crippen LogP contribution in [0, 0.1) is 0 Å². The molecule has 1 aromatic carbocycles. The molecule has 3 aromatic rings. The van der Waals surface area contributed by atoms with Crippen molar-refractivity contribution >= 4 is 5.91 Å². The van der Waals surface area contributed by atoms with Gasteiger partial charge in [-0.05, 0) is 22.6 Å². The molecule has 1 aliphatic rings. The second-order valence-electron chi connectivity index (χ2n) is 7.16. The van der Waals surface area contributed by atoms with Gasteiger partial charge < -0.3 is 9.42 Å². The van der Waals surface area contributed by atoms with Gasteiger partial charge in [-0.25, -0.2) is 0 Å². The molecule has 1 unspecified atom stereocenters. The zero-order chi connectivity index (χ0) is 18.3. The molecule has 0 aliphatic carbocycles. The van der Waals surface area contributed by atoms with Crippen LogP contribution in [0.4, 0.5) is 0 Å². The number of aromatic nitrogens is 3. The molecule has 0 saturated heterocycles. The van der Waals surface area contributed by atoms with Gasteiger partial charge in [-0.2, -0.15) is 5.10 Å². The molecule has 0 spiro atoms. The summed E-state index contributed by atoms with van der Waals surface area (Å²) in [5.41, 5.74) is 4.32. The molecular formula is C20H22N4O2. The maximum atomic E-state index is 13.0. The van der Waals surface area contributed by atoms with Gasteiger partial charge in [-0.15, -0.1) is 0 Å². The van der Waals surface area contributed by atoms with Gasteiger partial charge in [0.15, 0.2) is 0 Å². The van der Waals surface area contributed by atoms with Gasteiger partial charge in [0.2, 0.25) is 5.76 Å². The van der Waals surface area contributed by atoms with Gasteiger partial charge in [-0.3, -0.25) is 9.48 Å². The van der Waals surface area contributed by atoms with E-state index < -0.39 is 0 Å². The molecule has 0 radical (unpaired) electrons. The molecule has 0 saturated carbocycles. The molecular weight excluding hydrogens is 328 g/mol. The van der Waals surface area contributed by atoms with Crippen molar-refractivity contribution in [2.75, 3.05) is 6.54 Å². The van der Waals surface area contributed by atoms with E-state index in [1.807, 2.05) is 50.3 Å². The zero-order valence-corrected chi connectivity index (χ0v) is 15.2. The third-order valence-corrected chi connectivity index (χ3v) is 4.94. The van der Waals surface area contributed by atoms with Gasteiger partial charge in [0.1, 0.15) is 0 Å². The van der Waals surface area contributed by atoms with Crippen LogP contribution in [0.5, 0.6) is 0 Å². The van der Waals surface area contributed by atoms with Crippen molar-refractivity contribution in [2.24, 2.45) is 7.05 Å². The number of rotatable bonds is 3. The number of fused-ring (bicyclic) bond motifs is 1. The average Bonchev–Trinajstić information content (AvgIpc) is 3.29. The first-order valence-corrected chi connectivity index (χ1v) is 8.85. The number of aryl methyl sites for hydroxylation is 1. The van der Waals surface area contributed by atoms with Crippen molar-refractivity contribution in [3.63, 3.8) is 0 Å². The smallest absolute Gasteiger partial charge is 0.292 e. The number of benzene rings is 1. The van der Waals surface area contributed by atoms with Crippen LogP contribution in [-0.2, 0) is 13.6 Å². The maximum absolute atomic E-state index is 13.0. The Kier molecular flexibility index (Phi) is 4.11. The summed E-state index contributed by atoms with van der Waals surface area (Å²) in [5, 5.41) is 8.32. The maximum Gasteiger partial charge on any atom is 0.292 e. The van der Waals surface area contributed by atoms with E-state index in [2.05, 4.69) is 22.4 Å². The summed E-state index contributed by atoms with van der Waals surface area (Å²) in [6.45, 7) is 5.23. The van der Waals surface area contributed by atoms with E-state index in [0.29, 0.717) is 18.8 Å². The number of hydrogen-bond donors (Lipinski definition) is 0. The van der Waals surface area contributed by atoms with E-state index in [4.69, 9.17) is 4.52 Å². The van der Waals surface area contributed by atoms with Gasteiger partial charge in [0.05, 0.1) is 11.9 Å². The van der Waals surface area contributed by atoms with Crippen molar-refractivity contribution in [3.05, 3.63) is 70.9 Å². The molecule has 134 valence electrons. The quantitative estimate of drug-likeness (QED) is 0.727. The Labute approximate surface area is 152 Å². The first kappa shape index (κ1) is 16.6. The average molecular weight is 350 g/mol. The molecule has 6 heteroatoms. The van der Waals surface area contributed by atoms with E-state index in [-0.39, 0.29) is 17.7 Å². The highest BCUT2D eigenvalue weighted by Gasteiger charge is 2.31. The second kappa shape index (κ2) is 6.44. The van der Waals surface area contributed by atoms with Crippen molar-refractivity contribution in [3.8, 4) is 0 Å². The second-order valence-corrected chi connectivity index (χ2v) is 7.16. The first-order chi connectivity index (χ1) is 12.5. The lowest BCUT2D eigenvalue weighted by atomic mass is 9.86. The molecule has 26 heavy (non-hydrogen) atoms. The lowest BCUT2D eigenvalue weighted by molar-refractivity contribution is 0.0682. The monoisotopic (exact) mass is 350 g/mol. The summed E-state index contributed by atoms with van der Waals surface area (Å²) >= 11 is 0. The summed E-state index contributed by atoms with van der Waals surface area (Å²) in [7, 11) is 1.91. The van der Waals surface area contributed by atoms with Crippen LogP contribution in [0.25, 0.3) is 0 Å². The number of hydrogen-bond acceptors (Lipinski definition) is 4. The van der Waals surface area contributed by atoms with E-state index in [1.165, 1.54) is 5.56 Å². The summed E-state index contributed by atoms with van der Waals surface area (Å²) in [5.74, 6) is 0.515. The van der Waals surface area contributed by atoms with Crippen LogP contribution in [0.1, 0.15) is 58.6 Å². The normalized spacial score (nSPS) is 16.8. The van der Waals surface area contributed by atoms with Crippen LogP contribution in [0.3, 0.4) is 0 Å². The van der Waals surface area contributed by atoms with E-state index in [9.17, 15) is 4.79 Å². The van der Waals surface area contributed by atoms with Crippen molar-refractivity contribution < 1.29 is 9.32 Å². The lowest BCUT2D eigenvalue weighted by Gasteiger charge is -2.33. The minimum absolute atomic E-state index is 0.102. The van der Waals surface area contributed by atoms with Gasteiger partial charge in [0, 0.05) is 38.3 Å². The minimum atomic E-state index is -0.118. The number of nitrogens with zero attached hydrogens (tertiary/aromatic N) is 4. The van der Waals surface area contributed by atoms with E-state index in [1.54, 1.807) is 10.7 Å². The highest BCUT2D eigenvalue weighted by atomic mass is 16.5. The summed E-state index contributed by atoms with van der Waals surface area (Å²) in [6.07, 6.45) is 3.89. The van der Waals surface area contributed by atoms with Crippen LogP contribution >= 0.6 is 0 Å². The Morgan fingerprint density at radius 1 is 1.31 bits per heavy atom. The summed E-state index contributed by atoms with van der Waals surface area (Å²) < 4.78 is 7.11. The number of carbonyl (C=O) groups excluding carboxylic acids is 1. The molecule has 6 nitrogen and oxygen atoms in total. The molecule has 3 heterocycles. The van der Waals surface area contributed by atoms with Crippen molar-refractivity contribution in [2.45, 2.75) is 32.2 Å². The minimum Gasteiger partial charge on any atom is -0.351 e. The largest absolute Gasteiger partial charge is 0.351 e. The molecule has 4 rings (SSSR count). The molecule has 1 atom stereocenters. The molecule has 0 fully saturated rings. The summed E-state index contributed by atoms with van der Waals surface area (Å²) in [6, 6.07) is 10.0. The Morgan fingerprint density at radius 3 is 2.81 bits per heavy atom. The SMILES string of the molecule is CC(C)c1cc(C(=O)N2Cc3ccccc3C(c3cnn(C)c3)C2)on1. The van der Waals surface area contributed by atoms with Crippen molar-refractivity contribution in [1.82, 2.24) is 19.8 Å². The standard InChI is InChI=1S/C20H22N4O2/c1-13(2)18-8-19(26-22-18)20(25)24-11-14-6-4-5-7-16(14)17(12-24)15-9-21-23(3)10-15/h4-10,13,17H,11-12H2,1-3H3. The Bertz CT molecular complexity index is 941. The van der Waals surface area contributed by atoms with Gasteiger partial charge in [0.25, 0.3) is 5.91 Å². The Morgan fingerprint density at radius 2 is 2.12 bits per heavy atom. The highest BCUT2D eigenvalue weighted by Crippen LogP contribution is 2.34. The summed E-state index contributed by atoms with van der Waals surface area (Å²) in [4.78, 5) is 14.8. The predicted molar refractivity (Wildman–Crippen MR) is 96.8 cm³/mol. The van der Waals surface area contributed by atoms with Gasteiger partial charge >= 0.3 is 0 Å². The van der Waals surface area contributed by atoms with E-state index >= 15 is 0 Å². The fraction of sp³-hybridized carbons (Fsp3) is 0.350. The van der Waals surface area contributed by atoms with Crippen molar-refractivity contribution in [1.29, 1.82) is 0 Å². The Hall–Kier alpha value is -2.89. The molecule has 1 aliphatic heterocycles. The molecule has 0 N–H and O–H groups in total. The zero-order valence-electron chi connectivity index (χ0n) is 15.2. The molecule has 2 aromatic heterocycles. The predicted octanol–water partition coefficient (Wildman–Crippen LogP) is 3.32.